The first-order chi connectivity index (χ1) is 11.0. The molecule has 3 rings (SSSR count). The second kappa shape index (κ2) is 6.38. The zero-order chi connectivity index (χ0) is 16.4. The van der Waals surface area contributed by atoms with Gasteiger partial charge >= 0.3 is 0 Å². The number of aromatic nitrogens is 1. The second-order valence-corrected chi connectivity index (χ2v) is 8.31. The Balaban J connectivity index is 1.68. The molecule has 1 aromatic heterocycles. The van der Waals surface area contributed by atoms with Crippen LogP contribution >= 0.6 is 11.3 Å². The largest absolute Gasteiger partial charge is 0.326 e. The Kier molecular flexibility index (Phi) is 4.47. The van der Waals surface area contributed by atoms with Crippen molar-refractivity contribution in [2.45, 2.75) is 19.8 Å². The third-order valence-electron chi connectivity index (χ3n) is 3.62. The van der Waals surface area contributed by atoms with E-state index in [0.29, 0.717) is 19.4 Å². The summed E-state index contributed by atoms with van der Waals surface area (Å²) in [4.78, 5) is 15.9. The molecule has 1 aliphatic rings. The molecule has 0 radical (unpaired) electrons. The molecule has 6 nitrogen and oxygen atoms in total. The molecule has 0 aliphatic carbocycles. The van der Waals surface area contributed by atoms with Gasteiger partial charge in [0.1, 0.15) is 0 Å². The summed E-state index contributed by atoms with van der Waals surface area (Å²) in [5.74, 6) is 0.0946. The molecular weight excluding hydrogens is 334 g/mol. The van der Waals surface area contributed by atoms with Crippen LogP contribution in [0.4, 0.5) is 5.69 Å². The Morgan fingerprint density at radius 1 is 1.39 bits per heavy atom. The lowest BCUT2D eigenvalue weighted by Crippen LogP contribution is -2.27. The van der Waals surface area contributed by atoms with Crippen LogP contribution in [0.25, 0.3) is 11.3 Å². The van der Waals surface area contributed by atoms with Crippen molar-refractivity contribution in [2.75, 3.05) is 17.6 Å². The van der Waals surface area contributed by atoms with Gasteiger partial charge in [0.05, 0.1) is 22.9 Å². The van der Waals surface area contributed by atoms with Crippen molar-refractivity contribution in [3.05, 3.63) is 34.2 Å². The molecule has 2 N–H and O–H groups in total. The van der Waals surface area contributed by atoms with Crippen molar-refractivity contribution < 1.29 is 13.2 Å². The lowest BCUT2D eigenvalue weighted by Gasteiger charge is -2.02. The fourth-order valence-electron chi connectivity index (χ4n) is 2.36. The average Bonchev–Trinajstić information content (AvgIpc) is 3.11. The van der Waals surface area contributed by atoms with E-state index in [-0.39, 0.29) is 11.7 Å². The highest BCUT2D eigenvalue weighted by molar-refractivity contribution is 7.89. The molecule has 0 saturated heterocycles. The molecule has 0 unspecified atom stereocenters. The van der Waals surface area contributed by atoms with E-state index >= 15 is 0 Å². The van der Waals surface area contributed by atoms with Gasteiger partial charge in [-0.15, -0.1) is 11.3 Å². The van der Waals surface area contributed by atoms with Gasteiger partial charge in [0.25, 0.3) is 0 Å². The smallest absolute Gasteiger partial charge is 0.228 e. The van der Waals surface area contributed by atoms with Crippen LogP contribution in [0.15, 0.2) is 23.6 Å². The molecule has 1 aliphatic heterocycles. The number of carbonyl (C=O) groups is 1. The summed E-state index contributed by atoms with van der Waals surface area (Å²) in [5, 5.41) is 5.64. The molecule has 0 fully saturated rings. The predicted molar refractivity (Wildman–Crippen MR) is 91.1 cm³/mol. The van der Waals surface area contributed by atoms with Gasteiger partial charge in [0, 0.05) is 29.6 Å². The Morgan fingerprint density at radius 2 is 2.22 bits per heavy atom. The standard InChI is InChI=1S/C15H17N3O3S2/c1-2-23(20,21)16-6-5-15-18-13(9-22-15)10-3-4-12-11(7-10)8-14(19)17-12/h3-4,7,9,16H,2,5-6,8H2,1H3,(H,17,19). The first kappa shape index (κ1) is 16.1. The number of nitrogens with one attached hydrogen (secondary N) is 2. The quantitative estimate of drug-likeness (QED) is 0.830. The molecule has 23 heavy (non-hydrogen) atoms. The van der Waals surface area contributed by atoms with Gasteiger partial charge in [-0.25, -0.2) is 18.1 Å². The number of benzene rings is 1. The zero-order valence-corrected chi connectivity index (χ0v) is 14.3. The van der Waals surface area contributed by atoms with Crippen LogP contribution in [0.2, 0.25) is 0 Å². The van der Waals surface area contributed by atoms with Crippen molar-refractivity contribution in [1.29, 1.82) is 0 Å². The maximum atomic E-state index is 11.4. The van der Waals surface area contributed by atoms with E-state index in [1.807, 2.05) is 23.6 Å². The van der Waals surface area contributed by atoms with Gasteiger partial charge in [-0.1, -0.05) is 6.07 Å². The Morgan fingerprint density at radius 3 is 3.00 bits per heavy atom. The van der Waals surface area contributed by atoms with Crippen LogP contribution in [-0.4, -0.2) is 31.6 Å². The van der Waals surface area contributed by atoms with Crippen LogP contribution < -0.4 is 10.0 Å². The molecule has 2 aromatic rings. The van der Waals surface area contributed by atoms with E-state index in [0.717, 1.165) is 27.5 Å². The topological polar surface area (TPSA) is 88.2 Å². The number of sulfonamides is 1. The minimum absolute atomic E-state index is 0.0133. The SMILES string of the molecule is CCS(=O)(=O)NCCc1nc(-c2ccc3c(c2)CC(=O)N3)cs1. The maximum absolute atomic E-state index is 11.4. The molecule has 1 aromatic carbocycles. The van der Waals surface area contributed by atoms with Gasteiger partial charge in [0.2, 0.25) is 15.9 Å². The van der Waals surface area contributed by atoms with Crippen LogP contribution in [0.3, 0.4) is 0 Å². The summed E-state index contributed by atoms with van der Waals surface area (Å²) in [7, 11) is -3.16. The first-order valence-electron chi connectivity index (χ1n) is 7.32. The highest BCUT2D eigenvalue weighted by Crippen LogP contribution is 2.29. The summed E-state index contributed by atoms with van der Waals surface area (Å²) < 4.78 is 25.3. The third kappa shape index (κ3) is 3.77. The summed E-state index contributed by atoms with van der Waals surface area (Å²) >= 11 is 1.51. The number of amides is 1. The van der Waals surface area contributed by atoms with Crippen molar-refractivity contribution in [3.63, 3.8) is 0 Å². The van der Waals surface area contributed by atoms with Gasteiger partial charge in [-0.2, -0.15) is 0 Å². The van der Waals surface area contributed by atoms with Crippen molar-refractivity contribution in [2.24, 2.45) is 0 Å². The number of nitrogens with zero attached hydrogens (tertiary/aromatic N) is 1. The monoisotopic (exact) mass is 351 g/mol. The number of fused-ring (bicyclic) bond motifs is 1. The third-order valence-corrected chi connectivity index (χ3v) is 5.93. The molecular formula is C15H17N3O3S2. The Labute approximate surface area is 139 Å². The number of hydrogen-bond acceptors (Lipinski definition) is 5. The lowest BCUT2D eigenvalue weighted by molar-refractivity contribution is -0.115. The predicted octanol–water partition coefficient (Wildman–Crippen LogP) is 1.79. The van der Waals surface area contributed by atoms with E-state index in [2.05, 4.69) is 15.0 Å². The van der Waals surface area contributed by atoms with Crippen LogP contribution in [0, 0.1) is 0 Å². The number of thiazole rings is 1. The van der Waals surface area contributed by atoms with E-state index in [4.69, 9.17) is 0 Å². The minimum atomic E-state index is -3.16. The van der Waals surface area contributed by atoms with E-state index in [1.54, 1.807) is 6.92 Å². The van der Waals surface area contributed by atoms with Crippen LogP contribution in [-0.2, 0) is 27.7 Å². The fraction of sp³-hybridized carbons (Fsp3) is 0.333. The molecule has 1 amide bonds. The number of anilines is 1. The van der Waals surface area contributed by atoms with Crippen LogP contribution in [0.1, 0.15) is 17.5 Å². The zero-order valence-electron chi connectivity index (χ0n) is 12.6. The highest BCUT2D eigenvalue weighted by atomic mass is 32.2. The normalized spacial score (nSPS) is 13.9. The minimum Gasteiger partial charge on any atom is -0.326 e. The summed E-state index contributed by atoms with van der Waals surface area (Å²) in [6, 6.07) is 5.80. The van der Waals surface area contributed by atoms with Crippen LogP contribution in [0.5, 0.6) is 0 Å². The van der Waals surface area contributed by atoms with Crippen molar-refractivity contribution in [1.82, 2.24) is 9.71 Å². The summed E-state index contributed by atoms with van der Waals surface area (Å²) in [6.45, 7) is 1.96. The van der Waals surface area contributed by atoms with Crippen molar-refractivity contribution in [3.8, 4) is 11.3 Å². The molecule has 0 atom stereocenters. The van der Waals surface area contributed by atoms with E-state index < -0.39 is 10.0 Å². The fourth-order valence-corrected chi connectivity index (χ4v) is 3.79. The van der Waals surface area contributed by atoms with E-state index in [9.17, 15) is 13.2 Å². The second-order valence-electron chi connectivity index (χ2n) is 5.27. The summed E-state index contributed by atoms with van der Waals surface area (Å²) in [6.07, 6.45) is 0.966. The summed E-state index contributed by atoms with van der Waals surface area (Å²) in [5.41, 5.74) is 3.67. The molecule has 122 valence electrons. The molecule has 0 bridgehead atoms. The van der Waals surface area contributed by atoms with E-state index in [1.165, 1.54) is 11.3 Å². The van der Waals surface area contributed by atoms with Crippen molar-refractivity contribution >= 4 is 33.0 Å². The maximum Gasteiger partial charge on any atom is 0.228 e. The number of carbonyl (C=O) groups excluding carboxylic acids is 1. The van der Waals surface area contributed by atoms with Gasteiger partial charge in [0.15, 0.2) is 0 Å². The molecule has 0 spiro atoms. The Hall–Kier alpha value is -1.77. The number of hydrogen-bond donors (Lipinski definition) is 2. The average molecular weight is 351 g/mol. The first-order valence-corrected chi connectivity index (χ1v) is 9.85. The lowest BCUT2D eigenvalue weighted by atomic mass is 10.1. The number of rotatable bonds is 6. The molecule has 2 heterocycles. The van der Waals surface area contributed by atoms with Gasteiger partial charge < -0.3 is 5.32 Å². The van der Waals surface area contributed by atoms with Gasteiger partial charge in [-0.3, -0.25) is 4.79 Å². The Bertz CT molecular complexity index is 843. The molecule has 0 saturated carbocycles. The van der Waals surface area contributed by atoms with Gasteiger partial charge in [-0.05, 0) is 24.6 Å². The highest BCUT2D eigenvalue weighted by Gasteiger charge is 2.18. The molecule has 8 heteroatoms.